The van der Waals surface area contributed by atoms with Crippen LogP contribution in [0.5, 0.6) is 0 Å². The molecule has 2 heteroatoms. The maximum atomic E-state index is 8.88. The number of nitriles is 1. The topological polar surface area (TPSA) is 27.0 Å². The summed E-state index contributed by atoms with van der Waals surface area (Å²) in [6.07, 6.45) is 0. The molecule has 0 aliphatic heterocycles. The van der Waals surface area contributed by atoms with E-state index in [1.165, 1.54) is 0 Å². The molecule has 0 N–H and O–H groups in total. The van der Waals surface area contributed by atoms with Gasteiger partial charge in [-0.3, -0.25) is 0 Å². The second-order valence-electron chi connectivity index (χ2n) is 6.49. The molecule has 136 valence electrons. The van der Waals surface area contributed by atoms with Gasteiger partial charge in [0.1, 0.15) is 0 Å². The summed E-state index contributed by atoms with van der Waals surface area (Å²) in [5.41, 5.74) is 5.76. The van der Waals surface area contributed by atoms with Gasteiger partial charge in [-0.05, 0) is 72.8 Å². The Labute approximate surface area is 171 Å². The molecule has 4 aromatic rings. The summed E-state index contributed by atoms with van der Waals surface area (Å²) in [6.45, 7) is 0. The van der Waals surface area contributed by atoms with Crippen molar-refractivity contribution < 1.29 is 0 Å². The highest BCUT2D eigenvalue weighted by Gasteiger charge is 2.11. The Morgan fingerprint density at radius 2 is 0.828 bits per heavy atom. The van der Waals surface area contributed by atoms with Crippen LogP contribution in [-0.2, 0) is 0 Å². The van der Waals surface area contributed by atoms with Crippen LogP contribution in [0.25, 0.3) is 0 Å². The van der Waals surface area contributed by atoms with Crippen LogP contribution in [0, 0.1) is 23.2 Å². The fourth-order valence-corrected chi connectivity index (χ4v) is 3.07. The Morgan fingerprint density at radius 1 is 0.448 bits per heavy atom. The molecule has 0 bridgehead atoms. The number of benzene rings is 4. The van der Waals surface area contributed by atoms with E-state index in [1.807, 2.05) is 60.7 Å². The van der Waals surface area contributed by atoms with E-state index in [9.17, 15) is 0 Å². The lowest BCUT2D eigenvalue weighted by Crippen LogP contribution is -2.09. The second kappa shape index (κ2) is 8.61. The molecule has 0 amide bonds. The van der Waals surface area contributed by atoms with Crippen LogP contribution in [0.1, 0.15) is 16.7 Å². The van der Waals surface area contributed by atoms with Crippen molar-refractivity contribution >= 4 is 17.1 Å². The largest absolute Gasteiger partial charge is 0.311 e. The Hall–Kier alpha value is -4.27. The monoisotopic (exact) mass is 370 g/mol. The number of hydrogen-bond acceptors (Lipinski definition) is 2. The van der Waals surface area contributed by atoms with Crippen molar-refractivity contribution in [2.45, 2.75) is 0 Å². The molecule has 0 fully saturated rings. The van der Waals surface area contributed by atoms with Crippen molar-refractivity contribution in [2.75, 3.05) is 4.90 Å². The van der Waals surface area contributed by atoms with Crippen LogP contribution < -0.4 is 4.90 Å². The first-order chi connectivity index (χ1) is 14.3. The van der Waals surface area contributed by atoms with Crippen molar-refractivity contribution in [3.05, 3.63) is 126 Å². The van der Waals surface area contributed by atoms with Gasteiger partial charge in [-0.25, -0.2) is 0 Å². The van der Waals surface area contributed by atoms with Crippen molar-refractivity contribution in [1.29, 1.82) is 5.26 Å². The Kier molecular flexibility index (Phi) is 5.38. The molecule has 0 radical (unpaired) electrons. The molecule has 0 spiro atoms. The molecule has 29 heavy (non-hydrogen) atoms. The molecule has 0 aliphatic carbocycles. The molecule has 0 aliphatic rings. The quantitative estimate of drug-likeness (QED) is 0.389. The van der Waals surface area contributed by atoms with Gasteiger partial charge in [-0.2, -0.15) is 5.26 Å². The van der Waals surface area contributed by atoms with Gasteiger partial charge < -0.3 is 4.90 Å². The van der Waals surface area contributed by atoms with Crippen LogP contribution >= 0.6 is 0 Å². The van der Waals surface area contributed by atoms with E-state index in [1.54, 1.807) is 12.1 Å². The summed E-state index contributed by atoms with van der Waals surface area (Å²) in [5, 5.41) is 8.88. The fraction of sp³-hybridized carbons (Fsp3) is 0. The normalized spacial score (nSPS) is 9.76. The van der Waals surface area contributed by atoms with E-state index in [0.717, 1.165) is 28.2 Å². The molecule has 0 heterocycles. The average Bonchev–Trinajstić information content (AvgIpc) is 2.80. The van der Waals surface area contributed by atoms with Crippen molar-refractivity contribution in [2.24, 2.45) is 0 Å². The molecule has 4 rings (SSSR count). The minimum absolute atomic E-state index is 0.641. The minimum Gasteiger partial charge on any atom is -0.311 e. The maximum Gasteiger partial charge on any atom is 0.0991 e. The first-order valence-corrected chi connectivity index (χ1v) is 9.36. The zero-order chi connectivity index (χ0) is 19.9. The molecule has 0 saturated heterocycles. The molecule has 0 aromatic heterocycles. The average molecular weight is 370 g/mol. The van der Waals surface area contributed by atoms with Gasteiger partial charge in [0.2, 0.25) is 0 Å². The predicted molar refractivity (Wildman–Crippen MR) is 118 cm³/mol. The van der Waals surface area contributed by atoms with E-state index in [0.29, 0.717) is 5.56 Å². The lowest BCUT2D eigenvalue weighted by atomic mass is 10.1. The summed E-state index contributed by atoms with van der Waals surface area (Å²) in [7, 11) is 0. The van der Waals surface area contributed by atoms with Crippen molar-refractivity contribution in [3.8, 4) is 17.9 Å². The van der Waals surface area contributed by atoms with Gasteiger partial charge in [0, 0.05) is 28.2 Å². The summed E-state index contributed by atoms with van der Waals surface area (Å²) < 4.78 is 0. The van der Waals surface area contributed by atoms with Gasteiger partial charge in [-0.15, -0.1) is 0 Å². The molecule has 0 atom stereocenters. The van der Waals surface area contributed by atoms with E-state index in [-0.39, 0.29) is 0 Å². The predicted octanol–water partition coefficient (Wildman–Crippen LogP) is 6.43. The minimum atomic E-state index is 0.641. The number of rotatable bonds is 3. The Bertz CT molecular complexity index is 1140. The molecule has 4 aromatic carbocycles. The highest BCUT2D eigenvalue weighted by molar-refractivity contribution is 5.76. The summed E-state index contributed by atoms with van der Waals surface area (Å²) in [6, 6.07) is 38.3. The first kappa shape index (κ1) is 18.1. The first-order valence-electron chi connectivity index (χ1n) is 9.36. The van der Waals surface area contributed by atoms with E-state index >= 15 is 0 Å². The number of nitrogens with zero attached hydrogens (tertiary/aromatic N) is 2. The van der Waals surface area contributed by atoms with Gasteiger partial charge in [0.25, 0.3) is 0 Å². The molecule has 2 nitrogen and oxygen atoms in total. The van der Waals surface area contributed by atoms with Gasteiger partial charge >= 0.3 is 0 Å². The van der Waals surface area contributed by atoms with E-state index < -0.39 is 0 Å². The third kappa shape index (κ3) is 4.35. The third-order valence-electron chi connectivity index (χ3n) is 4.52. The smallest absolute Gasteiger partial charge is 0.0991 e. The highest BCUT2D eigenvalue weighted by atomic mass is 15.1. The van der Waals surface area contributed by atoms with Gasteiger partial charge in [-0.1, -0.05) is 48.2 Å². The van der Waals surface area contributed by atoms with Crippen LogP contribution in [0.4, 0.5) is 17.1 Å². The number of anilines is 3. The molecular formula is C27H18N2. The standard InChI is InChI=1S/C27H18N2/c28-21-24-15-13-22(14-16-24)11-12-23-17-19-27(20-18-23)29(25-7-3-1-4-8-25)26-9-5-2-6-10-26/h1-10,13-20H. The second-order valence-corrected chi connectivity index (χ2v) is 6.49. The molecular weight excluding hydrogens is 352 g/mol. The zero-order valence-electron chi connectivity index (χ0n) is 15.8. The van der Waals surface area contributed by atoms with Crippen LogP contribution in [0.15, 0.2) is 109 Å². The number of hydrogen-bond donors (Lipinski definition) is 0. The van der Waals surface area contributed by atoms with Crippen LogP contribution in [0.3, 0.4) is 0 Å². The summed E-state index contributed by atoms with van der Waals surface area (Å²) >= 11 is 0. The maximum absolute atomic E-state index is 8.88. The Morgan fingerprint density at radius 3 is 1.28 bits per heavy atom. The molecule has 0 saturated carbocycles. The van der Waals surface area contributed by atoms with E-state index in [2.05, 4.69) is 59.2 Å². The summed E-state index contributed by atoms with van der Waals surface area (Å²) in [4.78, 5) is 2.22. The zero-order valence-corrected chi connectivity index (χ0v) is 15.8. The lowest BCUT2D eigenvalue weighted by molar-refractivity contribution is 1.28. The van der Waals surface area contributed by atoms with Gasteiger partial charge in [0.05, 0.1) is 11.6 Å². The summed E-state index contributed by atoms with van der Waals surface area (Å²) in [5.74, 6) is 6.34. The highest BCUT2D eigenvalue weighted by Crippen LogP contribution is 2.33. The van der Waals surface area contributed by atoms with Crippen LogP contribution in [0.2, 0.25) is 0 Å². The SMILES string of the molecule is N#Cc1ccc(C#Cc2ccc(N(c3ccccc3)c3ccccc3)cc2)cc1. The molecule has 0 unspecified atom stereocenters. The number of para-hydroxylation sites is 2. The van der Waals surface area contributed by atoms with Crippen LogP contribution in [-0.4, -0.2) is 0 Å². The van der Waals surface area contributed by atoms with Crippen molar-refractivity contribution in [1.82, 2.24) is 0 Å². The van der Waals surface area contributed by atoms with Crippen molar-refractivity contribution in [3.63, 3.8) is 0 Å². The Balaban J connectivity index is 1.63. The van der Waals surface area contributed by atoms with Gasteiger partial charge in [0.15, 0.2) is 0 Å². The third-order valence-corrected chi connectivity index (χ3v) is 4.52. The fourth-order valence-electron chi connectivity index (χ4n) is 3.07. The lowest BCUT2D eigenvalue weighted by Gasteiger charge is -2.25. The van der Waals surface area contributed by atoms with E-state index in [4.69, 9.17) is 5.26 Å².